The third-order valence-electron chi connectivity index (χ3n) is 5.07. The molecule has 136 valence electrons. The monoisotopic (exact) mass is 351 g/mol. The first-order valence-electron chi connectivity index (χ1n) is 9.06. The highest BCUT2D eigenvalue weighted by Gasteiger charge is 2.26. The van der Waals surface area contributed by atoms with Gasteiger partial charge in [-0.25, -0.2) is 4.98 Å². The number of methoxy groups -OCH3 is 1. The van der Waals surface area contributed by atoms with Gasteiger partial charge in [0.25, 0.3) is 0 Å². The number of ether oxygens (including phenoxy) is 1. The molecule has 1 aliphatic heterocycles. The first kappa shape index (κ1) is 16.8. The summed E-state index contributed by atoms with van der Waals surface area (Å²) in [6.07, 6.45) is 5.02. The van der Waals surface area contributed by atoms with E-state index in [1.807, 2.05) is 24.5 Å². The molecular formula is C20H25N5O. The Balaban J connectivity index is 1.47. The van der Waals surface area contributed by atoms with Crippen LogP contribution >= 0.6 is 0 Å². The predicted octanol–water partition coefficient (Wildman–Crippen LogP) is 3.14. The number of imidazole rings is 1. The molecule has 1 atom stereocenters. The Hall–Kier alpha value is -2.60. The molecule has 3 aromatic rings. The van der Waals surface area contributed by atoms with E-state index < -0.39 is 0 Å². The van der Waals surface area contributed by atoms with Crippen molar-refractivity contribution >= 4 is 0 Å². The molecule has 0 spiro atoms. The molecule has 2 aromatic heterocycles. The number of benzene rings is 1. The van der Waals surface area contributed by atoms with Gasteiger partial charge < -0.3 is 9.30 Å². The molecule has 6 nitrogen and oxygen atoms in total. The first-order valence-corrected chi connectivity index (χ1v) is 9.06. The van der Waals surface area contributed by atoms with Gasteiger partial charge in [0.05, 0.1) is 25.4 Å². The van der Waals surface area contributed by atoms with E-state index in [2.05, 4.69) is 56.3 Å². The van der Waals surface area contributed by atoms with Crippen molar-refractivity contribution in [2.45, 2.75) is 32.9 Å². The lowest BCUT2D eigenvalue weighted by Crippen LogP contribution is -2.23. The number of aryl methyl sites for hydroxylation is 2. The number of nitrogens with zero attached hydrogens (tertiary/aromatic N) is 5. The van der Waals surface area contributed by atoms with E-state index in [9.17, 15) is 0 Å². The molecule has 1 unspecified atom stereocenters. The summed E-state index contributed by atoms with van der Waals surface area (Å²) in [5, 5.41) is 4.66. The minimum Gasteiger partial charge on any atom is -0.497 e. The van der Waals surface area contributed by atoms with Gasteiger partial charge in [-0.2, -0.15) is 5.10 Å². The maximum absolute atomic E-state index is 5.25. The third kappa shape index (κ3) is 3.24. The molecule has 0 radical (unpaired) electrons. The fourth-order valence-corrected chi connectivity index (χ4v) is 3.80. The molecule has 0 bridgehead atoms. The SMILES string of the molecule is COc1ccc(-n2ccnc2CN2CCC(n3nc(C)cc3C)C2)cc1. The van der Waals surface area contributed by atoms with E-state index >= 15 is 0 Å². The van der Waals surface area contributed by atoms with Crippen molar-refractivity contribution in [2.24, 2.45) is 0 Å². The lowest BCUT2D eigenvalue weighted by molar-refractivity contribution is 0.301. The highest BCUT2D eigenvalue weighted by atomic mass is 16.5. The van der Waals surface area contributed by atoms with E-state index in [0.717, 1.165) is 49.0 Å². The Morgan fingerprint density at radius 2 is 2.00 bits per heavy atom. The van der Waals surface area contributed by atoms with Crippen molar-refractivity contribution in [3.05, 3.63) is 59.9 Å². The molecule has 1 fully saturated rings. The summed E-state index contributed by atoms with van der Waals surface area (Å²) in [6, 6.07) is 10.7. The zero-order valence-electron chi connectivity index (χ0n) is 15.6. The second kappa shape index (κ2) is 6.96. The van der Waals surface area contributed by atoms with E-state index in [1.165, 1.54) is 5.69 Å². The Morgan fingerprint density at radius 1 is 1.19 bits per heavy atom. The van der Waals surface area contributed by atoms with Crippen LogP contribution in [0.15, 0.2) is 42.7 Å². The van der Waals surface area contributed by atoms with Crippen molar-refractivity contribution in [1.29, 1.82) is 0 Å². The van der Waals surface area contributed by atoms with Gasteiger partial charge in [-0.1, -0.05) is 0 Å². The van der Waals surface area contributed by atoms with Crippen LogP contribution in [0.4, 0.5) is 0 Å². The largest absolute Gasteiger partial charge is 0.497 e. The molecule has 3 heterocycles. The van der Waals surface area contributed by atoms with Gasteiger partial charge in [0.1, 0.15) is 11.6 Å². The van der Waals surface area contributed by atoms with Gasteiger partial charge in [-0.3, -0.25) is 9.58 Å². The zero-order valence-corrected chi connectivity index (χ0v) is 15.6. The summed E-state index contributed by atoms with van der Waals surface area (Å²) in [6.45, 7) is 7.12. The summed E-state index contributed by atoms with van der Waals surface area (Å²) in [4.78, 5) is 7.05. The highest BCUT2D eigenvalue weighted by molar-refractivity contribution is 5.38. The third-order valence-corrected chi connectivity index (χ3v) is 5.07. The van der Waals surface area contributed by atoms with Crippen molar-refractivity contribution in [3.8, 4) is 11.4 Å². The fraction of sp³-hybridized carbons (Fsp3) is 0.400. The van der Waals surface area contributed by atoms with E-state index in [4.69, 9.17) is 4.74 Å². The second-order valence-electron chi connectivity index (χ2n) is 6.96. The zero-order chi connectivity index (χ0) is 18.1. The van der Waals surface area contributed by atoms with E-state index in [-0.39, 0.29) is 0 Å². The minimum atomic E-state index is 0.452. The quantitative estimate of drug-likeness (QED) is 0.708. The van der Waals surface area contributed by atoms with Crippen LogP contribution in [0.1, 0.15) is 29.7 Å². The Kier molecular flexibility index (Phi) is 4.51. The second-order valence-corrected chi connectivity index (χ2v) is 6.96. The maximum atomic E-state index is 5.25. The van der Waals surface area contributed by atoms with Crippen molar-refractivity contribution in [1.82, 2.24) is 24.2 Å². The van der Waals surface area contributed by atoms with Crippen LogP contribution in [-0.4, -0.2) is 44.4 Å². The van der Waals surface area contributed by atoms with Gasteiger partial charge in [0.2, 0.25) is 0 Å². The number of hydrogen-bond donors (Lipinski definition) is 0. The average Bonchev–Trinajstić information content (AvgIpc) is 3.36. The van der Waals surface area contributed by atoms with Gasteiger partial charge >= 0.3 is 0 Å². The summed E-state index contributed by atoms with van der Waals surface area (Å²) in [5.41, 5.74) is 3.44. The van der Waals surface area contributed by atoms with Crippen LogP contribution in [0.25, 0.3) is 5.69 Å². The highest BCUT2D eigenvalue weighted by Crippen LogP contribution is 2.25. The Bertz CT molecular complexity index is 880. The van der Waals surface area contributed by atoms with Crippen molar-refractivity contribution in [2.75, 3.05) is 20.2 Å². The summed E-state index contributed by atoms with van der Waals surface area (Å²) < 4.78 is 9.58. The van der Waals surface area contributed by atoms with Crippen molar-refractivity contribution < 1.29 is 4.74 Å². The molecular weight excluding hydrogens is 326 g/mol. The molecule has 26 heavy (non-hydrogen) atoms. The Morgan fingerprint density at radius 3 is 2.69 bits per heavy atom. The molecule has 6 heteroatoms. The van der Waals surface area contributed by atoms with Gasteiger partial charge in [-0.05, 0) is 50.6 Å². The molecule has 0 amide bonds. The maximum Gasteiger partial charge on any atom is 0.127 e. The van der Waals surface area contributed by atoms with Gasteiger partial charge in [0.15, 0.2) is 0 Å². The van der Waals surface area contributed by atoms with Gasteiger partial charge in [0, 0.05) is 36.9 Å². The van der Waals surface area contributed by atoms with Crippen LogP contribution < -0.4 is 4.74 Å². The van der Waals surface area contributed by atoms with E-state index in [1.54, 1.807) is 7.11 Å². The predicted molar refractivity (Wildman–Crippen MR) is 101 cm³/mol. The summed E-state index contributed by atoms with van der Waals surface area (Å²) >= 11 is 0. The fourth-order valence-electron chi connectivity index (χ4n) is 3.80. The first-order chi connectivity index (χ1) is 12.6. The molecule has 0 saturated carbocycles. The summed E-state index contributed by atoms with van der Waals surface area (Å²) in [5.74, 6) is 1.92. The number of hydrogen-bond acceptors (Lipinski definition) is 4. The van der Waals surface area contributed by atoms with E-state index in [0.29, 0.717) is 6.04 Å². The lowest BCUT2D eigenvalue weighted by atomic mass is 10.2. The normalized spacial score (nSPS) is 17.7. The van der Waals surface area contributed by atoms with Crippen LogP contribution in [0.2, 0.25) is 0 Å². The molecule has 0 aliphatic carbocycles. The number of likely N-dealkylation sites (tertiary alicyclic amines) is 1. The van der Waals surface area contributed by atoms with Crippen LogP contribution in [0.5, 0.6) is 5.75 Å². The average molecular weight is 351 g/mol. The molecule has 1 aromatic carbocycles. The molecule has 0 N–H and O–H groups in total. The number of rotatable bonds is 5. The topological polar surface area (TPSA) is 48.1 Å². The smallest absolute Gasteiger partial charge is 0.127 e. The standard InChI is InChI=1S/C20H25N5O/c1-15-12-16(2)25(22-15)18-8-10-23(13-18)14-20-21-9-11-24(20)17-4-6-19(26-3)7-5-17/h4-7,9,11-12,18H,8,10,13-14H2,1-3H3. The van der Waals surface area contributed by atoms with Crippen LogP contribution in [-0.2, 0) is 6.54 Å². The minimum absolute atomic E-state index is 0.452. The van der Waals surface area contributed by atoms with Gasteiger partial charge in [-0.15, -0.1) is 0 Å². The van der Waals surface area contributed by atoms with Crippen LogP contribution in [0.3, 0.4) is 0 Å². The van der Waals surface area contributed by atoms with Crippen LogP contribution in [0, 0.1) is 13.8 Å². The lowest BCUT2D eigenvalue weighted by Gasteiger charge is -2.17. The van der Waals surface area contributed by atoms with Crippen molar-refractivity contribution in [3.63, 3.8) is 0 Å². The summed E-state index contributed by atoms with van der Waals surface area (Å²) in [7, 11) is 1.68. The molecule has 4 rings (SSSR count). The molecule has 1 saturated heterocycles. The Labute approximate surface area is 154 Å². The molecule has 1 aliphatic rings. The number of aromatic nitrogens is 4.